The van der Waals surface area contributed by atoms with Gasteiger partial charge < -0.3 is 4.74 Å². The molecule has 0 fully saturated rings. The van der Waals surface area contributed by atoms with Crippen LogP contribution in [0.3, 0.4) is 0 Å². The Labute approximate surface area is 138 Å². The van der Waals surface area contributed by atoms with Gasteiger partial charge in [-0.05, 0) is 49.7 Å². The van der Waals surface area contributed by atoms with E-state index in [1.807, 2.05) is 13.0 Å². The lowest BCUT2D eigenvalue weighted by Crippen LogP contribution is -2.25. The average molecular weight is 337 g/mol. The maximum absolute atomic E-state index is 11.7. The van der Waals surface area contributed by atoms with E-state index in [0.717, 1.165) is 17.0 Å². The van der Waals surface area contributed by atoms with Crippen LogP contribution in [0.5, 0.6) is 5.75 Å². The number of carbonyl (C=O) groups is 1. The number of halogens is 1. The van der Waals surface area contributed by atoms with E-state index in [1.165, 1.54) is 4.88 Å². The van der Waals surface area contributed by atoms with Crippen molar-refractivity contribution in [1.29, 1.82) is 0 Å². The van der Waals surface area contributed by atoms with Crippen molar-refractivity contribution in [2.24, 2.45) is 5.10 Å². The lowest BCUT2D eigenvalue weighted by atomic mass is 10.3. The highest BCUT2D eigenvalue weighted by Crippen LogP contribution is 2.17. The first kappa shape index (κ1) is 16.5. The van der Waals surface area contributed by atoms with Gasteiger partial charge in [0, 0.05) is 9.90 Å². The van der Waals surface area contributed by atoms with Gasteiger partial charge in [0.05, 0.1) is 10.6 Å². The number of hydrogen-bond acceptors (Lipinski definition) is 4. The lowest BCUT2D eigenvalue weighted by Gasteiger charge is -2.05. The monoisotopic (exact) mass is 336 g/mol. The minimum Gasteiger partial charge on any atom is -0.484 e. The summed E-state index contributed by atoms with van der Waals surface area (Å²) in [6.45, 7) is 3.88. The summed E-state index contributed by atoms with van der Waals surface area (Å²) in [5.41, 5.74) is 3.28. The number of amides is 1. The quantitative estimate of drug-likeness (QED) is 0.642. The van der Waals surface area contributed by atoms with Crippen molar-refractivity contribution in [1.82, 2.24) is 5.43 Å². The Kier molecular flexibility index (Phi) is 5.98. The van der Waals surface area contributed by atoms with Crippen molar-refractivity contribution in [2.45, 2.75) is 20.3 Å². The van der Waals surface area contributed by atoms with Crippen molar-refractivity contribution >= 4 is 34.6 Å². The van der Waals surface area contributed by atoms with E-state index in [9.17, 15) is 4.79 Å². The predicted octanol–water partition coefficient (Wildman–Crippen LogP) is 3.88. The maximum atomic E-state index is 11.7. The summed E-state index contributed by atoms with van der Waals surface area (Å²) in [5, 5.41) is 4.72. The molecule has 1 amide bonds. The third-order valence-corrected chi connectivity index (χ3v) is 4.49. The topological polar surface area (TPSA) is 50.7 Å². The molecule has 0 unspecified atom stereocenters. The first-order valence-corrected chi connectivity index (χ1v) is 8.08. The summed E-state index contributed by atoms with van der Waals surface area (Å²) in [6, 6.07) is 10.9. The smallest absolute Gasteiger partial charge is 0.277 e. The fourth-order valence-corrected chi connectivity index (χ4v) is 2.69. The minimum absolute atomic E-state index is 0.0942. The molecular formula is C16H17ClN2O2S. The van der Waals surface area contributed by atoms with Gasteiger partial charge in [-0.25, -0.2) is 5.43 Å². The molecule has 4 nitrogen and oxygen atoms in total. The normalized spacial score (nSPS) is 11.3. The van der Waals surface area contributed by atoms with E-state index in [-0.39, 0.29) is 12.5 Å². The van der Waals surface area contributed by atoms with E-state index >= 15 is 0 Å². The summed E-state index contributed by atoms with van der Waals surface area (Å²) in [6.07, 6.45) is 0.999. The Morgan fingerprint density at radius 3 is 2.64 bits per heavy atom. The molecule has 0 aliphatic heterocycles. The molecule has 2 rings (SSSR count). The summed E-state index contributed by atoms with van der Waals surface area (Å²) >= 11 is 7.46. The van der Waals surface area contributed by atoms with E-state index in [0.29, 0.717) is 10.8 Å². The molecule has 0 aliphatic rings. The standard InChI is InChI=1S/C16H17ClN2O2S/c1-3-14-8-9-15(22-14)11(2)18-19-16(20)10-21-13-6-4-12(17)5-7-13/h4-9H,3,10H2,1-2H3,(H,19,20)/b18-11+. The first-order valence-electron chi connectivity index (χ1n) is 6.89. The van der Waals surface area contributed by atoms with Crippen LogP contribution in [0.1, 0.15) is 23.6 Å². The average Bonchev–Trinajstić information content (AvgIpc) is 3.01. The molecular weight excluding hydrogens is 320 g/mol. The predicted molar refractivity (Wildman–Crippen MR) is 91.0 cm³/mol. The Morgan fingerprint density at radius 2 is 2.00 bits per heavy atom. The van der Waals surface area contributed by atoms with E-state index in [4.69, 9.17) is 16.3 Å². The van der Waals surface area contributed by atoms with Gasteiger partial charge in [0.2, 0.25) is 0 Å². The molecule has 0 radical (unpaired) electrons. The number of thiophene rings is 1. The third-order valence-electron chi connectivity index (χ3n) is 2.90. The second-order valence-electron chi connectivity index (χ2n) is 4.59. The summed E-state index contributed by atoms with van der Waals surface area (Å²) in [7, 11) is 0. The highest BCUT2D eigenvalue weighted by Gasteiger charge is 2.05. The van der Waals surface area contributed by atoms with Gasteiger partial charge in [0.25, 0.3) is 5.91 Å². The van der Waals surface area contributed by atoms with Gasteiger partial charge in [0.15, 0.2) is 6.61 Å². The Bertz CT molecular complexity index is 665. The Morgan fingerprint density at radius 1 is 1.27 bits per heavy atom. The molecule has 0 spiro atoms. The molecule has 2 aromatic rings. The molecule has 1 aromatic heterocycles. The molecule has 6 heteroatoms. The Hall–Kier alpha value is -1.85. The fraction of sp³-hybridized carbons (Fsp3) is 0.250. The molecule has 0 saturated carbocycles. The molecule has 22 heavy (non-hydrogen) atoms. The van der Waals surface area contributed by atoms with Crippen molar-refractivity contribution in [3.63, 3.8) is 0 Å². The number of aryl methyl sites for hydroxylation is 1. The summed E-state index contributed by atoms with van der Waals surface area (Å²) < 4.78 is 5.34. The van der Waals surface area contributed by atoms with Crippen LogP contribution in [0.2, 0.25) is 5.02 Å². The zero-order chi connectivity index (χ0) is 15.9. The van der Waals surface area contributed by atoms with Gasteiger partial charge >= 0.3 is 0 Å². The fourth-order valence-electron chi connectivity index (χ4n) is 1.68. The van der Waals surface area contributed by atoms with E-state index in [2.05, 4.69) is 23.5 Å². The van der Waals surface area contributed by atoms with Crippen molar-refractivity contribution in [3.05, 3.63) is 51.2 Å². The molecule has 0 atom stereocenters. The number of benzene rings is 1. The largest absolute Gasteiger partial charge is 0.484 e. The number of nitrogens with one attached hydrogen (secondary N) is 1. The zero-order valence-electron chi connectivity index (χ0n) is 12.4. The number of rotatable bonds is 6. The SMILES string of the molecule is CCc1ccc(/C(C)=N/NC(=O)COc2ccc(Cl)cc2)s1. The molecule has 1 N–H and O–H groups in total. The zero-order valence-corrected chi connectivity index (χ0v) is 14.0. The number of ether oxygens (including phenoxy) is 1. The minimum atomic E-state index is -0.304. The van der Waals surface area contributed by atoms with Crippen LogP contribution < -0.4 is 10.2 Å². The van der Waals surface area contributed by atoms with Crippen LogP contribution in [-0.4, -0.2) is 18.2 Å². The number of hydrazone groups is 1. The molecule has 1 aromatic carbocycles. The van der Waals surface area contributed by atoms with Gasteiger partial charge in [-0.15, -0.1) is 11.3 Å². The Balaban J connectivity index is 1.83. The summed E-state index contributed by atoms with van der Waals surface area (Å²) in [4.78, 5) is 14.1. The van der Waals surface area contributed by atoms with Crippen LogP contribution in [0.15, 0.2) is 41.5 Å². The molecule has 0 bridgehead atoms. The second kappa shape index (κ2) is 7.96. The number of hydrogen-bond donors (Lipinski definition) is 1. The molecule has 1 heterocycles. The number of nitrogens with zero attached hydrogens (tertiary/aromatic N) is 1. The third kappa shape index (κ3) is 4.86. The van der Waals surface area contributed by atoms with Gasteiger partial charge in [-0.3, -0.25) is 4.79 Å². The molecule has 0 saturated heterocycles. The highest BCUT2D eigenvalue weighted by atomic mass is 35.5. The van der Waals surface area contributed by atoms with Crippen LogP contribution in [0.4, 0.5) is 0 Å². The van der Waals surface area contributed by atoms with E-state index < -0.39 is 0 Å². The first-order chi connectivity index (χ1) is 10.6. The van der Waals surface area contributed by atoms with Gasteiger partial charge in [-0.1, -0.05) is 18.5 Å². The van der Waals surface area contributed by atoms with Crippen molar-refractivity contribution in [2.75, 3.05) is 6.61 Å². The summed E-state index contributed by atoms with van der Waals surface area (Å²) in [5.74, 6) is 0.285. The van der Waals surface area contributed by atoms with Gasteiger partial charge in [0.1, 0.15) is 5.75 Å². The van der Waals surface area contributed by atoms with Gasteiger partial charge in [-0.2, -0.15) is 5.10 Å². The van der Waals surface area contributed by atoms with Crippen LogP contribution in [0.25, 0.3) is 0 Å². The van der Waals surface area contributed by atoms with Crippen molar-refractivity contribution < 1.29 is 9.53 Å². The van der Waals surface area contributed by atoms with E-state index in [1.54, 1.807) is 35.6 Å². The maximum Gasteiger partial charge on any atom is 0.277 e. The lowest BCUT2D eigenvalue weighted by molar-refractivity contribution is -0.123. The van der Waals surface area contributed by atoms with Crippen LogP contribution in [-0.2, 0) is 11.2 Å². The molecule has 116 valence electrons. The highest BCUT2D eigenvalue weighted by molar-refractivity contribution is 7.14. The van der Waals surface area contributed by atoms with Crippen LogP contribution in [0, 0.1) is 0 Å². The van der Waals surface area contributed by atoms with Crippen LogP contribution >= 0.6 is 22.9 Å². The number of carbonyl (C=O) groups excluding carboxylic acids is 1. The second-order valence-corrected chi connectivity index (χ2v) is 6.20. The molecule has 0 aliphatic carbocycles. The van der Waals surface area contributed by atoms with Crippen molar-refractivity contribution in [3.8, 4) is 5.75 Å².